The Hall–Kier alpha value is -3.02. The summed E-state index contributed by atoms with van der Waals surface area (Å²) in [5.74, 6) is 1.07. The summed E-state index contributed by atoms with van der Waals surface area (Å²) in [5, 5.41) is 3.00. The summed E-state index contributed by atoms with van der Waals surface area (Å²) in [7, 11) is 3.16. The van der Waals surface area contributed by atoms with Gasteiger partial charge in [0.05, 0.1) is 14.2 Å². The van der Waals surface area contributed by atoms with Gasteiger partial charge in [0, 0.05) is 18.7 Å². The molecule has 29 heavy (non-hydrogen) atoms. The summed E-state index contributed by atoms with van der Waals surface area (Å²) < 4.78 is 10.6. The number of fused-ring (bicyclic) bond motifs is 1. The summed E-state index contributed by atoms with van der Waals surface area (Å²) in [4.78, 5) is 27.7. The van der Waals surface area contributed by atoms with E-state index in [1.54, 1.807) is 19.1 Å². The Bertz CT molecular complexity index is 896. The molecule has 1 aliphatic heterocycles. The number of nitrogens with one attached hydrogen (secondary N) is 1. The molecule has 0 saturated carbocycles. The monoisotopic (exact) mass is 396 g/mol. The molecule has 154 valence electrons. The van der Waals surface area contributed by atoms with Gasteiger partial charge in [-0.1, -0.05) is 44.5 Å². The Morgan fingerprint density at radius 2 is 1.86 bits per heavy atom. The highest BCUT2D eigenvalue weighted by Crippen LogP contribution is 2.29. The first-order valence-corrected chi connectivity index (χ1v) is 9.87. The first kappa shape index (κ1) is 20.7. The summed E-state index contributed by atoms with van der Waals surface area (Å²) in [6.07, 6.45) is 0.800. The summed E-state index contributed by atoms with van der Waals surface area (Å²) >= 11 is 0. The molecule has 1 aliphatic rings. The molecule has 0 aliphatic carbocycles. The molecule has 0 fully saturated rings. The molecule has 6 nitrogen and oxygen atoms in total. The second-order valence-corrected chi connectivity index (χ2v) is 7.33. The zero-order valence-electron chi connectivity index (χ0n) is 17.4. The third kappa shape index (κ3) is 4.21. The minimum absolute atomic E-state index is 0.0404. The summed E-state index contributed by atoms with van der Waals surface area (Å²) in [6.45, 7) is 4.86. The molecular weight excluding hydrogens is 368 g/mol. The van der Waals surface area contributed by atoms with Crippen molar-refractivity contribution < 1.29 is 19.1 Å². The van der Waals surface area contributed by atoms with E-state index in [9.17, 15) is 9.59 Å². The molecule has 0 spiro atoms. The summed E-state index contributed by atoms with van der Waals surface area (Å²) in [5.41, 5.74) is 2.56. The van der Waals surface area contributed by atoms with Gasteiger partial charge in [0.2, 0.25) is 5.91 Å². The van der Waals surface area contributed by atoms with Crippen LogP contribution in [0.5, 0.6) is 11.5 Å². The normalized spacial score (nSPS) is 14.9. The van der Waals surface area contributed by atoms with Crippen LogP contribution in [0.1, 0.15) is 41.8 Å². The van der Waals surface area contributed by atoms with E-state index in [1.807, 2.05) is 56.3 Å². The Morgan fingerprint density at radius 1 is 1.14 bits per heavy atom. The lowest BCUT2D eigenvalue weighted by atomic mass is 9.96. The van der Waals surface area contributed by atoms with Crippen LogP contribution >= 0.6 is 0 Å². The number of nitrogens with zero attached hydrogens (tertiary/aromatic N) is 1. The average Bonchev–Trinajstić information content (AvgIpc) is 3.08. The third-order valence-corrected chi connectivity index (χ3v) is 5.55. The Balaban J connectivity index is 1.75. The first-order chi connectivity index (χ1) is 14.0. The van der Waals surface area contributed by atoms with Crippen molar-refractivity contribution in [1.82, 2.24) is 10.2 Å². The van der Waals surface area contributed by atoms with Crippen LogP contribution in [0, 0.1) is 5.92 Å². The molecule has 3 rings (SSSR count). The van der Waals surface area contributed by atoms with Crippen molar-refractivity contribution in [3.63, 3.8) is 0 Å². The van der Waals surface area contributed by atoms with E-state index in [0.717, 1.165) is 17.5 Å². The van der Waals surface area contributed by atoms with Crippen LogP contribution in [-0.4, -0.2) is 37.0 Å². The van der Waals surface area contributed by atoms with Crippen LogP contribution in [0.25, 0.3) is 0 Å². The lowest BCUT2D eigenvalue weighted by molar-refractivity contribution is -0.127. The largest absolute Gasteiger partial charge is 0.493 e. The van der Waals surface area contributed by atoms with Crippen molar-refractivity contribution >= 4 is 11.8 Å². The molecule has 0 unspecified atom stereocenters. The van der Waals surface area contributed by atoms with E-state index in [0.29, 0.717) is 30.2 Å². The van der Waals surface area contributed by atoms with Crippen molar-refractivity contribution in [3.8, 4) is 11.5 Å². The molecule has 1 N–H and O–H groups in total. The highest BCUT2D eigenvalue weighted by Gasteiger charge is 2.38. The second-order valence-electron chi connectivity index (χ2n) is 7.33. The third-order valence-electron chi connectivity index (χ3n) is 5.55. The highest BCUT2D eigenvalue weighted by molar-refractivity contribution is 6.01. The van der Waals surface area contributed by atoms with Crippen LogP contribution in [0.4, 0.5) is 0 Å². The molecule has 2 aromatic carbocycles. The minimum Gasteiger partial charge on any atom is -0.493 e. The smallest absolute Gasteiger partial charge is 0.255 e. The van der Waals surface area contributed by atoms with Gasteiger partial charge in [0.1, 0.15) is 6.04 Å². The number of rotatable bonds is 8. The number of carbonyl (C=O) groups excluding carboxylic acids is 2. The maximum atomic E-state index is 13.1. The number of ether oxygens (including phenoxy) is 2. The van der Waals surface area contributed by atoms with Crippen LogP contribution in [0.3, 0.4) is 0 Å². The molecule has 1 heterocycles. The van der Waals surface area contributed by atoms with E-state index in [4.69, 9.17) is 9.47 Å². The van der Waals surface area contributed by atoms with E-state index < -0.39 is 6.04 Å². The van der Waals surface area contributed by atoms with Gasteiger partial charge in [-0.2, -0.15) is 0 Å². The Kier molecular flexibility index (Phi) is 6.42. The Morgan fingerprint density at radius 3 is 2.52 bits per heavy atom. The van der Waals surface area contributed by atoms with Gasteiger partial charge in [-0.25, -0.2) is 0 Å². The number of methoxy groups -OCH3 is 2. The zero-order chi connectivity index (χ0) is 21.0. The quantitative estimate of drug-likeness (QED) is 0.743. The molecule has 2 aromatic rings. The maximum Gasteiger partial charge on any atom is 0.255 e. The fourth-order valence-electron chi connectivity index (χ4n) is 3.72. The molecule has 0 aromatic heterocycles. The maximum absolute atomic E-state index is 13.1. The standard InChI is InChI=1S/C23H28N2O4/c1-5-15(2)21(25-14-17-8-6-7-9-18(17)23(25)27)22(26)24-13-16-10-11-19(28-3)20(12-16)29-4/h6-12,15,21H,5,13-14H2,1-4H3,(H,24,26)/t15-,21+/m1/s1. The predicted molar refractivity (Wildman–Crippen MR) is 111 cm³/mol. The Labute approximate surface area is 171 Å². The summed E-state index contributed by atoms with van der Waals surface area (Å²) in [6, 6.07) is 12.6. The van der Waals surface area contributed by atoms with Crippen LogP contribution in [-0.2, 0) is 17.9 Å². The molecular formula is C23H28N2O4. The lowest BCUT2D eigenvalue weighted by Crippen LogP contribution is -2.50. The van der Waals surface area contributed by atoms with Crippen molar-refractivity contribution in [3.05, 3.63) is 59.2 Å². The van der Waals surface area contributed by atoms with E-state index >= 15 is 0 Å². The van der Waals surface area contributed by atoms with Gasteiger partial charge >= 0.3 is 0 Å². The fourth-order valence-corrected chi connectivity index (χ4v) is 3.72. The first-order valence-electron chi connectivity index (χ1n) is 9.87. The van der Waals surface area contributed by atoms with Gasteiger partial charge in [-0.05, 0) is 35.2 Å². The molecule has 0 saturated heterocycles. The van der Waals surface area contributed by atoms with E-state index in [2.05, 4.69) is 5.32 Å². The van der Waals surface area contributed by atoms with Crippen LogP contribution in [0.15, 0.2) is 42.5 Å². The number of hydrogen-bond donors (Lipinski definition) is 1. The molecule has 2 atom stereocenters. The minimum atomic E-state index is -0.514. The topological polar surface area (TPSA) is 67.9 Å². The van der Waals surface area contributed by atoms with Gasteiger partial charge in [-0.3, -0.25) is 9.59 Å². The molecule has 0 bridgehead atoms. The number of carbonyl (C=O) groups is 2. The van der Waals surface area contributed by atoms with Crippen LogP contribution in [0.2, 0.25) is 0 Å². The van der Waals surface area contributed by atoms with E-state index in [-0.39, 0.29) is 17.7 Å². The SMILES string of the molecule is CC[C@@H](C)[C@@H](C(=O)NCc1ccc(OC)c(OC)c1)N1Cc2ccccc2C1=O. The zero-order valence-corrected chi connectivity index (χ0v) is 17.4. The van der Waals surface area contributed by atoms with Crippen molar-refractivity contribution in [1.29, 1.82) is 0 Å². The molecule has 2 amide bonds. The second kappa shape index (κ2) is 8.99. The van der Waals surface area contributed by atoms with Gasteiger partial charge in [0.25, 0.3) is 5.91 Å². The molecule has 6 heteroatoms. The number of amides is 2. The average molecular weight is 396 g/mol. The van der Waals surface area contributed by atoms with Crippen molar-refractivity contribution in [2.24, 2.45) is 5.92 Å². The molecule has 0 radical (unpaired) electrons. The lowest BCUT2D eigenvalue weighted by Gasteiger charge is -2.31. The van der Waals surface area contributed by atoms with Gasteiger partial charge in [-0.15, -0.1) is 0 Å². The van der Waals surface area contributed by atoms with Crippen molar-refractivity contribution in [2.45, 2.75) is 39.4 Å². The highest BCUT2D eigenvalue weighted by atomic mass is 16.5. The fraction of sp³-hybridized carbons (Fsp3) is 0.391. The van der Waals surface area contributed by atoms with Gasteiger partial charge < -0.3 is 19.7 Å². The van der Waals surface area contributed by atoms with Crippen LogP contribution < -0.4 is 14.8 Å². The van der Waals surface area contributed by atoms with E-state index in [1.165, 1.54) is 0 Å². The number of hydrogen-bond acceptors (Lipinski definition) is 4. The number of benzene rings is 2. The van der Waals surface area contributed by atoms with Gasteiger partial charge in [0.15, 0.2) is 11.5 Å². The van der Waals surface area contributed by atoms with Crippen molar-refractivity contribution in [2.75, 3.05) is 14.2 Å². The predicted octanol–water partition coefficient (Wildman–Crippen LogP) is 3.39.